The van der Waals surface area contributed by atoms with Gasteiger partial charge in [-0.2, -0.15) is 0 Å². The zero-order valence-electron chi connectivity index (χ0n) is 12.3. The van der Waals surface area contributed by atoms with E-state index in [0.717, 1.165) is 11.3 Å². The molecule has 0 fully saturated rings. The fraction of sp³-hybridized carbons (Fsp3) is 0.250. The van der Waals surface area contributed by atoms with Crippen LogP contribution in [0.5, 0.6) is 0 Å². The fourth-order valence-corrected chi connectivity index (χ4v) is 2.06. The zero-order valence-corrected chi connectivity index (χ0v) is 12.3. The average molecular weight is 284 g/mol. The number of carbonyl (C=O) groups is 1. The van der Waals surface area contributed by atoms with Crippen LogP contribution in [0.15, 0.2) is 48.8 Å². The lowest BCUT2D eigenvalue weighted by molar-refractivity contribution is -0.117. The molecule has 0 aliphatic heterocycles. The Balaban J connectivity index is 2.04. The summed E-state index contributed by atoms with van der Waals surface area (Å²) >= 11 is 0. The molecule has 0 unspecified atom stereocenters. The van der Waals surface area contributed by atoms with Crippen LogP contribution in [0.4, 0.5) is 11.4 Å². The van der Waals surface area contributed by atoms with Crippen LogP contribution in [-0.4, -0.2) is 31.0 Å². The maximum atomic E-state index is 12.2. The molecule has 1 aromatic carbocycles. The van der Waals surface area contributed by atoms with E-state index in [4.69, 9.17) is 5.73 Å². The highest BCUT2D eigenvalue weighted by Gasteiger charge is 2.16. The molecular weight excluding hydrogens is 264 g/mol. The number of benzene rings is 1. The predicted octanol–water partition coefficient (Wildman–Crippen LogP) is 1.66. The quantitative estimate of drug-likeness (QED) is 0.876. The van der Waals surface area contributed by atoms with E-state index in [-0.39, 0.29) is 5.91 Å². The Bertz CT molecular complexity index is 598. The van der Waals surface area contributed by atoms with Crippen molar-refractivity contribution in [1.82, 2.24) is 4.98 Å². The van der Waals surface area contributed by atoms with Crippen LogP contribution in [0.25, 0.3) is 0 Å². The van der Waals surface area contributed by atoms with Gasteiger partial charge < -0.3 is 16.0 Å². The molecule has 0 saturated carbocycles. The Kier molecular flexibility index (Phi) is 4.90. The molecule has 3 N–H and O–H groups in total. The first-order chi connectivity index (χ1) is 10.1. The SMILES string of the molecule is CN(C)c1ccncc1NC(=O)[C@H](N)Cc1ccccc1. The van der Waals surface area contributed by atoms with Crippen LogP contribution in [0.3, 0.4) is 0 Å². The molecular formula is C16H20N4O. The lowest BCUT2D eigenvalue weighted by Crippen LogP contribution is -2.37. The summed E-state index contributed by atoms with van der Waals surface area (Å²) in [5.74, 6) is -0.213. The van der Waals surface area contributed by atoms with Gasteiger partial charge in [-0.25, -0.2) is 0 Å². The van der Waals surface area contributed by atoms with E-state index in [1.165, 1.54) is 0 Å². The molecule has 2 aromatic rings. The van der Waals surface area contributed by atoms with Crippen molar-refractivity contribution in [2.45, 2.75) is 12.5 Å². The first-order valence-corrected chi connectivity index (χ1v) is 6.79. The Hall–Kier alpha value is -2.40. The number of anilines is 2. The van der Waals surface area contributed by atoms with Crippen molar-refractivity contribution in [2.24, 2.45) is 5.73 Å². The first kappa shape index (κ1) is 15.0. The maximum Gasteiger partial charge on any atom is 0.241 e. The minimum atomic E-state index is -0.595. The number of nitrogens with one attached hydrogen (secondary N) is 1. The average Bonchev–Trinajstić information content (AvgIpc) is 2.48. The molecule has 0 saturated heterocycles. The molecule has 0 aliphatic rings. The third-order valence-electron chi connectivity index (χ3n) is 3.17. The number of hydrogen-bond acceptors (Lipinski definition) is 4. The van der Waals surface area contributed by atoms with E-state index < -0.39 is 6.04 Å². The topological polar surface area (TPSA) is 71.2 Å². The summed E-state index contributed by atoms with van der Waals surface area (Å²) in [5.41, 5.74) is 8.57. The number of nitrogens with two attached hydrogens (primary N) is 1. The third-order valence-corrected chi connectivity index (χ3v) is 3.17. The van der Waals surface area contributed by atoms with Crippen LogP contribution in [-0.2, 0) is 11.2 Å². The van der Waals surface area contributed by atoms with Crippen molar-refractivity contribution >= 4 is 17.3 Å². The number of aromatic nitrogens is 1. The molecule has 0 bridgehead atoms. The van der Waals surface area contributed by atoms with Crippen molar-refractivity contribution in [1.29, 1.82) is 0 Å². The fourth-order valence-electron chi connectivity index (χ4n) is 2.06. The summed E-state index contributed by atoms with van der Waals surface area (Å²) in [7, 11) is 3.82. The van der Waals surface area contributed by atoms with Crippen LogP contribution in [0, 0.1) is 0 Å². The number of hydrogen-bond donors (Lipinski definition) is 2. The molecule has 21 heavy (non-hydrogen) atoms. The molecule has 110 valence electrons. The molecule has 0 spiro atoms. The monoisotopic (exact) mass is 284 g/mol. The molecule has 1 amide bonds. The normalized spacial score (nSPS) is 11.8. The Labute approximate surface area is 124 Å². The zero-order chi connectivity index (χ0) is 15.2. The molecule has 1 atom stereocenters. The van der Waals surface area contributed by atoms with Gasteiger partial charge in [-0.1, -0.05) is 30.3 Å². The van der Waals surface area contributed by atoms with Gasteiger partial charge in [-0.15, -0.1) is 0 Å². The molecule has 0 aliphatic carbocycles. The van der Waals surface area contributed by atoms with Gasteiger partial charge in [-0.05, 0) is 18.1 Å². The molecule has 5 nitrogen and oxygen atoms in total. The summed E-state index contributed by atoms with van der Waals surface area (Å²) < 4.78 is 0. The number of rotatable bonds is 5. The summed E-state index contributed by atoms with van der Waals surface area (Å²) in [5, 5.41) is 2.84. The second-order valence-electron chi connectivity index (χ2n) is 5.07. The lowest BCUT2D eigenvalue weighted by atomic mass is 10.1. The number of pyridine rings is 1. The van der Waals surface area contributed by atoms with E-state index in [2.05, 4.69) is 10.3 Å². The van der Waals surface area contributed by atoms with E-state index in [1.807, 2.05) is 55.4 Å². The van der Waals surface area contributed by atoms with E-state index in [0.29, 0.717) is 12.1 Å². The first-order valence-electron chi connectivity index (χ1n) is 6.79. The Morgan fingerprint density at radius 2 is 2.00 bits per heavy atom. The van der Waals surface area contributed by atoms with Gasteiger partial charge in [0.2, 0.25) is 5.91 Å². The molecule has 0 radical (unpaired) electrons. The third kappa shape index (κ3) is 4.03. The molecule has 2 rings (SSSR count). The molecule has 1 aromatic heterocycles. The van der Waals surface area contributed by atoms with Gasteiger partial charge in [0.1, 0.15) is 0 Å². The lowest BCUT2D eigenvalue weighted by Gasteiger charge is -2.18. The van der Waals surface area contributed by atoms with Gasteiger partial charge in [0.25, 0.3) is 0 Å². The minimum Gasteiger partial charge on any atom is -0.376 e. The van der Waals surface area contributed by atoms with Crippen molar-refractivity contribution in [3.05, 3.63) is 54.4 Å². The van der Waals surface area contributed by atoms with Gasteiger partial charge in [0, 0.05) is 20.3 Å². The van der Waals surface area contributed by atoms with Crippen molar-refractivity contribution in [3.8, 4) is 0 Å². The van der Waals surface area contributed by atoms with Crippen molar-refractivity contribution < 1.29 is 4.79 Å². The van der Waals surface area contributed by atoms with Crippen molar-refractivity contribution in [2.75, 3.05) is 24.3 Å². The summed E-state index contributed by atoms with van der Waals surface area (Å²) in [6.07, 6.45) is 3.82. The Morgan fingerprint density at radius 3 is 2.67 bits per heavy atom. The number of amides is 1. The smallest absolute Gasteiger partial charge is 0.241 e. The van der Waals surface area contributed by atoms with Crippen LogP contribution in [0.2, 0.25) is 0 Å². The second-order valence-corrected chi connectivity index (χ2v) is 5.07. The highest BCUT2D eigenvalue weighted by Crippen LogP contribution is 2.22. The summed E-state index contributed by atoms with van der Waals surface area (Å²) in [6, 6.07) is 11.0. The largest absolute Gasteiger partial charge is 0.376 e. The van der Waals surface area contributed by atoms with Crippen LogP contribution < -0.4 is 16.0 Å². The van der Waals surface area contributed by atoms with E-state index in [9.17, 15) is 4.79 Å². The van der Waals surface area contributed by atoms with Crippen LogP contribution in [0.1, 0.15) is 5.56 Å². The van der Waals surface area contributed by atoms with Crippen molar-refractivity contribution in [3.63, 3.8) is 0 Å². The Morgan fingerprint density at radius 1 is 1.29 bits per heavy atom. The van der Waals surface area contributed by atoms with E-state index in [1.54, 1.807) is 12.4 Å². The number of carbonyl (C=O) groups excluding carboxylic acids is 1. The summed E-state index contributed by atoms with van der Waals surface area (Å²) in [4.78, 5) is 18.2. The maximum absolute atomic E-state index is 12.2. The standard InChI is InChI=1S/C16H20N4O/c1-20(2)15-8-9-18-11-14(15)19-16(21)13(17)10-12-6-4-3-5-7-12/h3-9,11,13H,10,17H2,1-2H3,(H,19,21)/t13-/m1/s1. The minimum absolute atomic E-state index is 0.213. The molecule has 1 heterocycles. The van der Waals surface area contributed by atoms with Gasteiger partial charge in [0.15, 0.2) is 0 Å². The van der Waals surface area contributed by atoms with Crippen LogP contribution >= 0.6 is 0 Å². The van der Waals surface area contributed by atoms with Gasteiger partial charge in [0.05, 0.1) is 23.6 Å². The van der Waals surface area contributed by atoms with Gasteiger partial charge >= 0.3 is 0 Å². The number of nitrogens with zero attached hydrogens (tertiary/aromatic N) is 2. The van der Waals surface area contributed by atoms with E-state index >= 15 is 0 Å². The highest BCUT2D eigenvalue weighted by atomic mass is 16.2. The summed E-state index contributed by atoms with van der Waals surface area (Å²) in [6.45, 7) is 0. The van der Waals surface area contributed by atoms with Gasteiger partial charge in [-0.3, -0.25) is 9.78 Å². The highest BCUT2D eigenvalue weighted by molar-refractivity contribution is 5.97. The second kappa shape index (κ2) is 6.85. The predicted molar refractivity (Wildman–Crippen MR) is 85.3 cm³/mol. The molecule has 5 heteroatoms.